The molecule has 14 heavy (non-hydrogen) atoms. The highest BCUT2D eigenvalue weighted by atomic mass is 16.3. The Bertz CT molecular complexity index is 136. The van der Waals surface area contributed by atoms with E-state index >= 15 is 0 Å². The summed E-state index contributed by atoms with van der Waals surface area (Å²) in [5, 5.41) is 45.2. The van der Waals surface area contributed by atoms with E-state index in [0.29, 0.717) is 0 Å². The van der Waals surface area contributed by atoms with Crippen molar-refractivity contribution in [2.75, 3.05) is 19.8 Å². The number of aliphatic hydroxyl groups is 5. The summed E-state index contributed by atoms with van der Waals surface area (Å²) in [7, 11) is 0. The van der Waals surface area contributed by atoms with Crippen LogP contribution in [0, 0.1) is 5.41 Å². The molecule has 2 unspecified atom stereocenters. The van der Waals surface area contributed by atoms with Crippen LogP contribution in [0.4, 0.5) is 0 Å². The van der Waals surface area contributed by atoms with Gasteiger partial charge in [0.2, 0.25) is 0 Å². The second-order valence-electron chi connectivity index (χ2n) is 3.82. The molecule has 0 aliphatic heterocycles. The first-order valence-electron chi connectivity index (χ1n) is 4.70. The van der Waals surface area contributed by atoms with Gasteiger partial charge in [-0.1, -0.05) is 0 Å². The minimum Gasteiger partial charge on any atom is -0.396 e. The summed E-state index contributed by atoms with van der Waals surface area (Å²) >= 11 is 0. The standard InChI is InChI=1S/C9H20O5/c1-7(13)8(14)2-3-9(4-10,5-11)6-12/h7-8,10-14H,2-6H2,1H3. The molecule has 0 saturated carbocycles. The van der Waals surface area contributed by atoms with Gasteiger partial charge in [-0.05, 0) is 19.8 Å². The molecular weight excluding hydrogens is 188 g/mol. The number of aliphatic hydroxyl groups excluding tert-OH is 5. The second kappa shape index (κ2) is 6.31. The molecule has 0 aromatic carbocycles. The Morgan fingerprint density at radius 1 is 1.00 bits per heavy atom. The van der Waals surface area contributed by atoms with Crippen LogP contribution >= 0.6 is 0 Å². The fourth-order valence-electron chi connectivity index (χ4n) is 1.08. The zero-order chi connectivity index (χ0) is 11.2. The van der Waals surface area contributed by atoms with Crippen molar-refractivity contribution in [1.29, 1.82) is 0 Å². The van der Waals surface area contributed by atoms with Gasteiger partial charge in [-0.2, -0.15) is 0 Å². The molecule has 0 aliphatic carbocycles. The molecular formula is C9H20O5. The van der Waals surface area contributed by atoms with Crippen molar-refractivity contribution in [2.45, 2.75) is 32.0 Å². The molecule has 0 bridgehead atoms. The van der Waals surface area contributed by atoms with Crippen molar-refractivity contribution in [3.8, 4) is 0 Å². The predicted molar refractivity (Wildman–Crippen MR) is 50.6 cm³/mol. The van der Waals surface area contributed by atoms with Gasteiger partial charge in [-0.3, -0.25) is 0 Å². The lowest BCUT2D eigenvalue weighted by molar-refractivity contribution is -0.0266. The Labute approximate surface area is 83.6 Å². The largest absolute Gasteiger partial charge is 0.396 e. The van der Waals surface area contributed by atoms with E-state index in [-0.39, 0.29) is 32.7 Å². The summed E-state index contributed by atoms with van der Waals surface area (Å²) in [6, 6.07) is 0. The Kier molecular flexibility index (Phi) is 6.22. The van der Waals surface area contributed by atoms with Crippen LogP contribution in [0.2, 0.25) is 0 Å². The molecule has 0 saturated heterocycles. The van der Waals surface area contributed by atoms with Gasteiger partial charge in [-0.15, -0.1) is 0 Å². The molecule has 0 heterocycles. The monoisotopic (exact) mass is 208 g/mol. The molecule has 0 fully saturated rings. The van der Waals surface area contributed by atoms with E-state index in [1.54, 1.807) is 0 Å². The molecule has 0 spiro atoms. The van der Waals surface area contributed by atoms with Crippen molar-refractivity contribution in [2.24, 2.45) is 5.41 Å². The van der Waals surface area contributed by atoms with Crippen LogP contribution in [0.5, 0.6) is 0 Å². The molecule has 0 aromatic rings. The van der Waals surface area contributed by atoms with E-state index in [1.165, 1.54) is 6.92 Å². The number of rotatable bonds is 7. The first-order chi connectivity index (χ1) is 6.51. The summed E-state index contributed by atoms with van der Waals surface area (Å²) in [6.45, 7) is 0.439. The Morgan fingerprint density at radius 2 is 1.43 bits per heavy atom. The first-order valence-corrected chi connectivity index (χ1v) is 4.70. The molecule has 2 atom stereocenters. The van der Waals surface area contributed by atoms with Crippen LogP contribution in [-0.2, 0) is 0 Å². The third-order valence-corrected chi connectivity index (χ3v) is 2.53. The Balaban J connectivity index is 4.05. The van der Waals surface area contributed by atoms with Crippen LogP contribution in [-0.4, -0.2) is 57.6 Å². The average Bonchev–Trinajstić information content (AvgIpc) is 2.20. The highest BCUT2D eigenvalue weighted by Crippen LogP contribution is 2.23. The van der Waals surface area contributed by atoms with E-state index in [9.17, 15) is 5.11 Å². The topological polar surface area (TPSA) is 101 Å². The number of hydrogen-bond acceptors (Lipinski definition) is 5. The zero-order valence-electron chi connectivity index (χ0n) is 8.43. The highest BCUT2D eigenvalue weighted by Gasteiger charge is 2.29. The van der Waals surface area contributed by atoms with Gasteiger partial charge in [0.05, 0.1) is 32.0 Å². The first kappa shape index (κ1) is 13.8. The van der Waals surface area contributed by atoms with Crippen molar-refractivity contribution < 1.29 is 25.5 Å². The van der Waals surface area contributed by atoms with Crippen LogP contribution in [0.3, 0.4) is 0 Å². The molecule has 0 radical (unpaired) electrons. The highest BCUT2D eigenvalue weighted by molar-refractivity contribution is 4.79. The molecule has 5 nitrogen and oxygen atoms in total. The van der Waals surface area contributed by atoms with E-state index < -0.39 is 17.6 Å². The minimum absolute atomic E-state index is 0.235. The smallest absolute Gasteiger partial charge is 0.0796 e. The number of hydrogen-bond donors (Lipinski definition) is 5. The van der Waals surface area contributed by atoms with Crippen molar-refractivity contribution >= 4 is 0 Å². The van der Waals surface area contributed by atoms with Gasteiger partial charge in [0.1, 0.15) is 0 Å². The molecule has 5 heteroatoms. The molecule has 0 amide bonds. The average molecular weight is 208 g/mol. The lowest BCUT2D eigenvalue weighted by Crippen LogP contribution is -2.36. The lowest BCUT2D eigenvalue weighted by atomic mass is 9.84. The van der Waals surface area contributed by atoms with Gasteiger partial charge < -0.3 is 25.5 Å². The minimum atomic E-state index is -0.962. The zero-order valence-corrected chi connectivity index (χ0v) is 8.43. The SMILES string of the molecule is CC(O)C(O)CCC(CO)(CO)CO. The summed E-state index contributed by atoms with van der Waals surface area (Å²) in [4.78, 5) is 0. The van der Waals surface area contributed by atoms with Crippen LogP contribution in [0.1, 0.15) is 19.8 Å². The molecule has 86 valence electrons. The maximum atomic E-state index is 9.28. The molecule has 0 aromatic heterocycles. The lowest BCUT2D eigenvalue weighted by Gasteiger charge is -2.28. The third kappa shape index (κ3) is 3.89. The van der Waals surface area contributed by atoms with Crippen LogP contribution in [0.25, 0.3) is 0 Å². The molecule has 5 N–H and O–H groups in total. The van der Waals surface area contributed by atoms with Gasteiger partial charge in [0.15, 0.2) is 0 Å². The normalized spacial score (nSPS) is 16.7. The van der Waals surface area contributed by atoms with E-state index in [0.717, 1.165) is 0 Å². The fraction of sp³-hybridized carbons (Fsp3) is 1.00. The van der Waals surface area contributed by atoms with Crippen molar-refractivity contribution in [3.05, 3.63) is 0 Å². The van der Waals surface area contributed by atoms with Gasteiger partial charge in [0, 0.05) is 5.41 Å². The summed E-state index contributed by atoms with van der Waals surface area (Å²) < 4.78 is 0. The maximum absolute atomic E-state index is 9.28. The quantitative estimate of drug-likeness (QED) is 0.349. The maximum Gasteiger partial charge on any atom is 0.0796 e. The molecule has 0 rings (SSSR count). The fourth-order valence-corrected chi connectivity index (χ4v) is 1.08. The summed E-state index contributed by atoms with van der Waals surface area (Å²) in [6.07, 6.45) is -1.23. The van der Waals surface area contributed by atoms with Gasteiger partial charge in [0.25, 0.3) is 0 Å². The van der Waals surface area contributed by atoms with Crippen molar-refractivity contribution in [3.63, 3.8) is 0 Å². The predicted octanol–water partition coefficient (Wildman–Crippen LogP) is -1.53. The summed E-state index contributed by atoms with van der Waals surface area (Å²) in [5.41, 5.74) is -0.962. The third-order valence-electron chi connectivity index (χ3n) is 2.53. The summed E-state index contributed by atoms with van der Waals surface area (Å²) in [5.74, 6) is 0. The van der Waals surface area contributed by atoms with E-state index in [2.05, 4.69) is 0 Å². The van der Waals surface area contributed by atoms with Crippen LogP contribution in [0.15, 0.2) is 0 Å². The molecule has 0 aliphatic rings. The van der Waals surface area contributed by atoms with Gasteiger partial charge >= 0.3 is 0 Å². The van der Waals surface area contributed by atoms with Crippen LogP contribution < -0.4 is 0 Å². The van der Waals surface area contributed by atoms with E-state index in [4.69, 9.17) is 20.4 Å². The Morgan fingerprint density at radius 3 is 1.71 bits per heavy atom. The Hall–Kier alpha value is -0.200. The van der Waals surface area contributed by atoms with Crippen molar-refractivity contribution in [1.82, 2.24) is 0 Å². The van der Waals surface area contributed by atoms with Gasteiger partial charge in [-0.25, -0.2) is 0 Å². The van der Waals surface area contributed by atoms with E-state index in [1.807, 2.05) is 0 Å². The second-order valence-corrected chi connectivity index (χ2v) is 3.82.